The van der Waals surface area contributed by atoms with Crippen LogP contribution in [0, 0.1) is 5.92 Å². The summed E-state index contributed by atoms with van der Waals surface area (Å²) in [6, 6.07) is 0.468. The lowest BCUT2D eigenvalue weighted by Crippen LogP contribution is -2.43. The van der Waals surface area contributed by atoms with Gasteiger partial charge in [0.1, 0.15) is 0 Å². The summed E-state index contributed by atoms with van der Waals surface area (Å²) in [6.45, 7) is 8.22. The molecule has 0 unspecified atom stereocenters. The summed E-state index contributed by atoms with van der Waals surface area (Å²) in [5, 5.41) is 0. The van der Waals surface area contributed by atoms with Crippen LogP contribution >= 0.6 is 0 Å². The van der Waals surface area contributed by atoms with E-state index in [0.717, 1.165) is 19.0 Å². The predicted octanol–water partition coefficient (Wildman–Crippen LogP) is 1.44. The Morgan fingerprint density at radius 1 is 1.54 bits per heavy atom. The molecule has 1 saturated carbocycles. The van der Waals surface area contributed by atoms with Crippen LogP contribution in [-0.4, -0.2) is 30.0 Å². The quantitative estimate of drug-likeness (QED) is 0.529. The lowest BCUT2D eigenvalue weighted by Gasteiger charge is -2.27. The van der Waals surface area contributed by atoms with Crippen LogP contribution in [0.1, 0.15) is 33.6 Å². The van der Waals surface area contributed by atoms with Gasteiger partial charge in [-0.1, -0.05) is 0 Å². The first-order valence-corrected chi connectivity index (χ1v) is 5.21. The Morgan fingerprint density at radius 3 is 2.54 bits per heavy atom. The second-order valence-corrected chi connectivity index (χ2v) is 4.02. The van der Waals surface area contributed by atoms with E-state index in [2.05, 4.69) is 23.7 Å². The van der Waals surface area contributed by atoms with Gasteiger partial charge in [0.05, 0.1) is 0 Å². The average Bonchev–Trinajstić information content (AvgIpc) is 2.83. The van der Waals surface area contributed by atoms with Crippen LogP contribution in [0.25, 0.3) is 0 Å². The minimum atomic E-state index is 0.468. The molecule has 0 aromatic rings. The second kappa shape index (κ2) is 4.49. The van der Waals surface area contributed by atoms with Gasteiger partial charge in [0.15, 0.2) is 5.96 Å². The molecule has 0 heterocycles. The number of hydrogen-bond acceptors (Lipinski definition) is 1. The monoisotopic (exact) mass is 183 g/mol. The Labute approximate surface area is 81.0 Å². The predicted molar refractivity (Wildman–Crippen MR) is 56.7 cm³/mol. The van der Waals surface area contributed by atoms with Gasteiger partial charge in [-0.2, -0.15) is 0 Å². The zero-order valence-electron chi connectivity index (χ0n) is 8.95. The van der Waals surface area contributed by atoms with Crippen molar-refractivity contribution in [3.05, 3.63) is 0 Å². The first-order valence-electron chi connectivity index (χ1n) is 5.21. The van der Waals surface area contributed by atoms with Crippen molar-refractivity contribution in [3.63, 3.8) is 0 Å². The smallest absolute Gasteiger partial charge is 0.191 e. The Bertz CT molecular complexity index is 183. The summed E-state index contributed by atoms with van der Waals surface area (Å²) in [5.41, 5.74) is 5.88. The van der Waals surface area contributed by atoms with E-state index in [9.17, 15) is 0 Å². The molecule has 0 saturated heterocycles. The topological polar surface area (TPSA) is 41.6 Å². The van der Waals surface area contributed by atoms with Crippen molar-refractivity contribution in [2.45, 2.75) is 39.7 Å². The molecular formula is C10H21N3. The normalized spacial score (nSPS) is 18.0. The van der Waals surface area contributed by atoms with Crippen LogP contribution in [0.2, 0.25) is 0 Å². The minimum absolute atomic E-state index is 0.468. The first kappa shape index (κ1) is 10.4. The molecule has 2 N–H and O–H groups in total. The molecule has 1 fully saturated rings. The van der Waals surface area contributed by atoms with Crippen molar-refractivity contribution < 1.29 is 0 Å². The van der Waals surface area contributed by atoms with E-state index in [1.807, 2.05) is 6.92 Å². The van der Waals surface area contributed by atoms with Crippen molar-refractivity contribution in [2.75, 3.05) is 13.1 Å². The highest BCUT2D eigenvalue weighted by molar-refractivity contribution is 5.78. The number of nitrogens with two attached hydrogens (primary N) is 1. The lowest BCUT2D eigenvalue weighted by atomic mass is 10.3. The molecule has 76 valence electrons. The first-order chi connectivity index (χ1) is 6.15. The van der Waals surface area contributed by atoms with Gasteiger partial charge >= 0.3 is 0 Å². The van der Waals surface area contributed by atoms with Gasteiger partial charge in [-0.25, -0.2) is 0 Å². The summed E-state index contributed by atoms with van der Waals surface area (Å²) < 4.78 is 0. The maximum Gasteiger partial charge on any atom is 0.191 e. The lowest BCUT2D eigenvalue weighted by molar-refractivity contribution is 0.331. The highest BCUT2D eigenvalue weighted by Crippen LogP contribution is 2.30. The zero-order valence-corrected chi connectivity index (χ0v) is 8.95. The van der Waals surface area contributed by atoms with Crippen LogP contribution in [-0.2, 0) is 0 Å². The highest BCUT2D eigenvalue weighted by atomic mass is 15.3. The molecule has 0 radical (unpaired) electrons. The van der Waals surface area contributed by atoms with Crippen molar-refractivity contribution in [1.29, 1.82) is 0 Å². The number of nitrogens with zero attached hydrogens (tertiary/aromatic N) is 2. The molecule has 1 aliphatic carbocycles. The summed E-state index contributed by atoms with van der Waals surface area (Å²) in [5.74, 6) is 1.58. The molecule has 0 aliphatic heterocycles. The van der Waals surface area contributed by atoms with E-state index in [1.165, 1.54) is 12.8 Å². The molecule has 13 heavy (non-hydrogen) atoms. The largest absolute Gasteiger partial charge is 0.370 e. The van der Waals surface area contributed by atoms with E-state index < -0.39 is 0 Å². The van der Waals surface area contributed by atoms with Gasteiger partial charge in [-0.3, -0.25) is 4.99 Å². The van der Waals surface area contributed by atoms with Crippen molar-refractivity contribution in [2.24, 2.45) is 16.6 Å². The Hall–Kier alpha value is -0.730. The third kappa shape index (κ3) is 3.25. The standard InChI is InChI=1S/C10H21N3/c1-4-12-10(11)13(8(2)3)7-9-5-6-9/h8-9H,4-7H2,1-3H3,(H2,11,12). The third-order valence-electron chi connectivity index (χ3n) is 2.39. The summed E-state index contributed by atoms with van der Waals surface area (Å²) in [6.07, 6.45) is 2.73. The van der Waals surface area contributed by atoms with Gasteiger partial charge in [-0.05, 0) is 39.5 Å². The SMILES string of the molecule is CCN=C(N)N(CC1CC1)C(C)C. The van der Waals surface area contributed by atoms with Crippen molar-refractivity contribution in [3.8, 4) is 0 Å². The molecular weight excluding hydrogens is 162 g/mol. The summed E-state index contributed by atoms with van der Waals surface area (Å²) >= 11 is 0. The Morgan fingerprint density at radius 2 is 2.15 bits per heavy atom. The molecule has 0 aromatic carbocycles. The van der Waals surface area contributed by atoms with Crippen LogP contribution in [0.4, 0.5) is 0 Å². The van der Waals surface area contributed by atoms with Crippen molar-refractivity contribution >= 4 is 5.96 Å². The van der Waals surface area contributed by atoms with Gasteiger partial charge < -0.3 is 10.6 Å². The summed E-state index contributed by atoms with van der Waals surface area (Å²) in [7, 11) is 0. The van der Waals surface area contributed by atoms with E-state index in [4.69, 9.17) is 5.73 Å². The highest BCUT2D eigenvalue weighted by Gasteiger charge is 2.26. The number of guanidine groups is 1. The molecule has 3 nitrogen and oxygen atoms in total. The molecule has 0 aromatic heterocycles. The van der Waals surface area contributed by atoms with Crippen LogP contribution in [0.3, 0.4) is 0 Å². The fourth-order valence-electron chi connectivity index (χ4n) is 1.40. The maximum atomic E-state index is 5.88. The second-order valence-electron chi connectivity index (χ2n) is 4.02. The van der Waals surface area contributed by atoms with Gasteiger partial charge in [0.2, 0.25) is 0 Å². The molecule has 1 rings (SSSR count). The van der Waals surface area contributed by atoms with Crippen LogP contribution in [0.5, 0.6) is 0 Å². The fourth-order valence-corrected chi connectivity index (χ4v) is 1.40. The van der Waals surface area contributed by atoms with Crippen LogP contribution < -0.4 is 5.73 Å². The molecule has 0 bridgehead atoms. The molecule has 0 amide bonds. The Kier molecular flexibility index (Phi) is 3.58. The average molecular weight is 183 g/mol. The number of rotatable bonds is 4. The molecule has 0 spiro atoms. The van der Waals surface area contributed by atoms with Gasteiger partial charge in [0.25, 0.3) is 0 Å². The molecule has 3 heteroatoms. The van der Waals surface area contributed by atoms with Gasteiger partial charge in [0, 0.05) is 19.1 Å². The maximum absolute atomic E-state index is 5.88. The fraction of sp³-hybridized carbons (Fsp3) is 0.900. The van der Waals surface area contributed by atoms with Crippen LogP contribution in [0.15, 0.2) is 4.99 Å². The minimum Gasteiger partial charge on any atom is -0.370 e. The number of hydrogen-bond donors (Lipinski definition) is 1. The molecule has 0 atom stereocenters. The zero-order chi connectivity index (χ0) is 9.84. The van der Waals surface area contributed by atoms with E-state index in [1.54, 1.807) is 0 Å². The number of aliphatic imine (C=N–C) groups is 1. The van der Waals surface area contributed by atoms with E-state index in [0.29, 0.717) is 12.0 Å². The molecule has 1 aliphatic rings. The third-order valence-corrected chi connectivity index (χ3v) is 2.39. The summed E-state index contributed by atoms with van der Waals surface area (Å²) in [4.78, 5) is 6.46. The van der Waals surface area contributed by atoms with Gasteiger partial charge in [-0.15, -0.1) is 0 Å². The van der Waals surface area contributed by atoms with Crippen molar-refractivity contribution in [1.82, 2.24) is 4.90 Å². The van der Waals surface area contributed by atoms with E-state index in [-0.39, 0.29) is 0 Å². The Balaban J connectivity index is 2.49. The van der Waals surface area contributed by atoms with E-state index >= 15 is 0 Å².